The van der Waals surface area contributed by atoms with Gasteiger partial charge in [0, 0.05) is 0 Å². The third-order valence-electron chi connectivity index (χ3n) is 4.71. The van der Waals surface area contributed by atoms with E-state index >= 15 is 0 Å². The fourth-order valence-corrected chi connectivity index (χ4v) is 3.19. The lowest BCUT2D eigenvalue weighted by molar-refractivity contribution is -0.146. The number of carboxylic acid groups (broad SMARTS) is 1. The second kappa shape index (κ2) is 5.73. The highest BCUT2D eigenvalue weighted by Gasteiger charge is 2.48. The molecule has 0 radical (unpaired) electrons. The minimum absolute atomic E-state index is 0.0682. The Labute approximate surface area is 120 Å². The van der Waals surface area contributed by atoms with Crippen LogP contribution < -0.4 is 10.1 Å². The molecule has 1 aromatic carbocycles. The quantitative estimate of drug-likeness (QED) is 0.885. The van der Waals surface area contributed by atoms with E-state index in [9.17, 15) is 9.90 Å². The predicted molar refractivity (Wildman–Crippen MR) is 79.2 cm³/mol. The molecule has 3 unspecified atom stereocenters. The van der Waals surface area contributed by atoms with Crippen molar-refractivity contribution >= 4 is 11.7 Å². The zero-order chi connectivity index (χ0) is 14.8. The van der Waals surface area contributed by atoms with Crippen LogP contribution in [0.1, 0.15) is 33.1 Å². The third-order valence-corrected chi connectivity index (χ3v) is 4.71. The van der Waals surface area contributed by atoms with Gasteiger partial charge in [0.05, 0.1) is 12.8 Å². The molecule has 1 saturated carbocycles. The molecule has 0 aliphatic heterocycles. The molecular weight excluding hydrogens is 254 g/mol. The molecule has 4 nitrogen and oxygen atoms in total. The molecule has 2 rings (SSSR count). The van der Waals surface area contributed by atoms with Crippen molar-refractivity contribution in [3.8, 4) is 5.75 Å². The van der Waals surface area contributed by atoms with Crippen molar-refractivity contribution in [1.82, 2.24) is 0 Å². The van der Waals surface area contributed by atoms with Crippen molar-refractivity contribution < 1.29 is 14.6 Å². The second-order valence-corrected chi connectivity index (χ2v) is 5.76. The Hall–Kier alpha value is -1.71. The van der Waals surface area contributed by atoms with E-state index in [4.69, 9.17) is 4.74 Å². The molecule has 0 spiro atoms. The van der Waals surface area contributed by atoms with E-state index in [0.717, 1.165) is 18.5 Å². The summed E-state index contributed by atoms with van der Waals surface area (Å²) in [5.74, 6) is 0.363. The molecular formula is C16H23NO3. The van der Waals surface area contributed by atoms with Gasteiger partial charge in [-0.15, -0.1) is 0 Å². The highest BCUT2D eigenvalue weighted by Crippen LogP contribution is 2.41. The number of ether oxygens (including phenoxy) is 1. The van der Waals surface area contributed by atoms with Crippen LogP contribution in [0.15, 0.2) is 24.3 Å². The van der Waals surface area contributed by atoms with Crippen molar-refractivity contribution in [1.29, 1.82) is 0 Å². The topological polar surface area (TPSA) is 58.6 Å². The number of hydrogen-bond donors (Lipinski definition) is 2. The molecule has 20 heavy (non-hydrogen) atoms. The number of nitrogens with one attached hydrogen (secondary N) is 1. The van der Waals surface area contributed by atoms with E-state index in [2.05, 4.69) is 12.2 Å². The maximum atomic E-state index is 11.9. The number of carbonyl (C=O) groups is 1. The molecule has 0 heterocycles. The molecule has 4 heteroatoms. The summed E-state index contributed by atoms with van der Waals surface area (Å²) in [5.41, 5.74) is -0.162. The lowest BCUT2D eigenvalue weighted by atomic mass is 9.68. The van der Waals surface area contributed by atoms with Crippen LogP contribution in [0.5, 0.6) is 5.75 Å². The molecule has 1 aromatic rings. The average molecular weight is 277 g/mol. The first-order chi connectivity index (χ1) is 9.51. The zero-order valence-electron chi connectivity index (χ0n) is 12.3. The van der Waals surface area contributed by atoms with Gasteiger partial charge in [-0.3, -0.25) is 0 Å². The van der Waals surface area contributed by atoms with Crippen LogP contribution in [-0.2, 0) is 4.79 Å². The summed E-state index contributed by atoms with van der Waals surface area (Å²) in [6.07, 6.45) is 2.66. The van der Waals surface area contributed by atoms with Crippen molar-refractivity contribution in [2.24, 2.45) is 11.8 Å². The minimum atomic E-state index is -0.910. The van der Waals surface area contributed by atoms with Crippen LogP contribution in [0.3, 0.4) is 0 Å². The van der Waals surface area contributed by atoms with Crippen LogP contribution in [0, 0.1) is 11.8 Å². The highest BCUT2D eigenvalue weighted by atomic mass is 16.5. The summed E-state index contributed by atoms with van der Waals surface area (Å²) >= 11 is 0. The molecule has 1 aliphatic carbocycles. The Bertz CT molecular complexity index is 488. The summed E-state index contributed by atoms with van der Waals surface area (Å²) < 4.78 is 5.32. The van der Waals surface area contributed by atoms with Crippen molar-refractivity contribution in [3.63, 3.8) is 0 Å². The number of rotatable bonds is 4. The Balaban J connectivity index is 2.37. The smallest absolute Gasteiger partial charge is 0.329 e. The van der Waals surface area contributed by atoms with Gasteiger partial charge in [0.2, 0.25) is 0 Å². The highest BCUT2D eigenvalue weighted by molar-refractivity contribution is 5.84. The van der Waals surface area contributed by atoms with Crippen LogP contribution in [0.2, 0.25) is 0 Å². The van der Waals surface area contributed by atoms with Crippen LogP contribution in [-0.4, -0.2) is 23.7 Å². The number of carboxylic acids is 1. The first-order valence-corrected chi connectivity index (χ1v) is 7.16. The summed E-state index contributed by atoms with van der Waals surface area (Å²) in [5, 5.41) is 13.1. The fraction of sp³-hybridized carbons (Fsp3) is 0.562. The standard InChI is InChI=1S/C16H23NO3/c1-11-7-6-10-16(12(11)2,15(18)19)17-13-8-4-5-9-14(13)20-3/h4-5,8-9,11-12,17H,6-7,10H2,1-3H3,(H,18,19). The number of para-hydroxylation sites is 2. The van der Waals surface area contributed by atoms with E-state index in [-0.39, 0.29) is 5.92 Å². The summed E-state index contributed by atoms with van der Waals surface area (Å²) in [4.78, 5) is 11.9. The fourth-order valence-electron chi connectivity index (χ4n) is 3.19. The number of hydrogen-bond acceptors (Lipinski definition) is 3. The van der Waals surface area contributed by atoms with Crippen LogP contribution in [0.25, 0.3) is 0 Å². The van der Waals surface area contributed by atoms with Gasteiger partial charge in [0.1, 0.15) is 11.3 Å². The molecule has 0 bridgehead atoms. The molecule has 0 aromatic heterocycles. The van der Waals surface area contributed by atoms with Crippen LogP contribution >= 0.6 is 0 Å². The predicted octanol–water partition coefficient (Wildman–Crippen LogP) is 3.39. The maximum Gasteiger partial charge on any atom is 0.329 e. The lowest BCUT2D eigenvalue weighted by Gasteiger charge is -2.43. The van der Waals surface area contributed by atoms with Gasteiger partial charge >= 0.3 is 5.97 Å². The maximum absolute atomic E-state index is 11.9. The number of benzene rings is 1. The van der Waals surface area contributed by atoms with Crippen molar-refractivity contribution in [2.45, 2.75) is 38.6 Å². The van der Waals surface area contributed by atoms with E-state index < -0.39 is 11.5 Å². The number of anilines is 1. The second-order valence-electron chi connectivity index (χ2n) is 5.76. The molecule has 0 amide bonds. The number of methoxy groups -OCH3 is 1. The zero-order valence-corrected chi connectivity index (χ0v) is 12.3. The van der Waals surface area contributed by atoms with Gasteiger partial charge in [-0.05, 0) is 30.4 Å². The van der Waals surface area contributed by atoms with E-state index in [1.807, 2.05) is 31.2 Å². The van der Waals surface area contributed by atoms with Crippen molar-refractivity contribution in [3.05, 3.63) is 24.3 Å². The van der Waals surface area contributed by atoms with E-state index in [0.29, 0.717) is 18.1 Å². The Morgan fingerprint density at radius 1 is 1.40 bits per heavy atom. The first kappa shape index (κ1) is 14.7. The summed E-state index contributed by atoms with van der Waals surface area (Å²) in [6.45, 7) is 4.16. The normalized spacial score (nSPS) is 29.8. The van der Waals surface area contributed by atoms with Gasteiger partial charge in [-0.2, -0.15) is 0 Å². The van der Waals surface area contributed by atoms with Gasteiger partial charge in [-0.1, -0.05) is 38.8 Å². The van der Waals surface area contributed by atoms with E-state index in [1.54, 1.807) is 7.11 Å². The first-order valence-electron chi connectivity index (χ1n) is 7.16. The molecule has 2 N–H and O–H groups in total. The van der Waals surface area contributed by atoms with Crippen LogP contribution in [0.4, 0.5) is 5.69 Å². The van der Waals surface area contributed by atoms with Crippen molar-refractivity contribution in [2.75, 3.05) is 12.4 Å². The minimum Gasteiger partial charge on any atom is -0.495 e. The monoisotopic (exact) mass is 277 g/mol. The molecule has 0 saturated heterocycles. The summed E-state index contributed by atoms with van der Waals surface area (Å²) in [7, 11) is 1.60. The Kier molecular flexibility index (Phi) is 4.21. The average Bonchev–Trinajstić information content (AvgIpc) is 2.44. The molecule has 3 atom stereocenters. The SMILES string of the molecule is COc1ccccc1NC1(C(=O)O)CCCC(C)C1C. The van der Waals surface area contributed by atoms with Gasteiger partial charge in [0.25, 0.3) is 0 Å². The van der Waals surface area contributed by atoms with Gasteiger partial charge < -0.3 is 15.2 Å². The molecule has 110 valence electrons. The molecule has 1 aliphatic rings. The van der Waals surface area contributed by atoms with E-state index in [1.165, 1.54) is 0 Å². The number of aliphatic carboxylic acids is 1. The summed E-state index contributed by atoms with van der Waals surface area (Å²) in [6, 6.07) is 7.48. The van der Waals surface area contributed by atoms with Gasteiger partial charge in [-0.25, -0.2) is 4.79 Å². The third kappa shape index (κ3) is 2.47. The molecule has 1 fully saturated rings. The lowest BCUT2D eigenvalue weighted by Crippen LogP contribution is -2.55. The Morgan fingerprint density at radius 3 is 2.75 bits per heavy atom. The van der Waals surface area contributed by atoms with Gasteiger partial charge in [0.15, 0.2) is 0 Å². The Morgan fingerprint density at radius 2 is 2.10 bits per heavy atom. The largest absolute Gasteiger partial charge is 0.495 e.